The van der Waals surface area contributed by atoms with E-state index in [1.807, 2.05) is 0 Å². The summed E-state index contributed by atoms with van der Waals surface area (Å²) in [6.07, 6.45) is 3.31. The predicted octanol–water partition coefficient (Wildman–Crippen LogP) is 0.743. The van der Waals surface area contributed by atoms with E-state index in [1.54, 1.807) is 0 Å². The lowest BCUT2D eigenvalue weighted by atomic mass is 9.85. The standard InChI is InChI=1S/C8H10N2O2/c11-6-4-7(12)10-8(9-6)5-2-1-3-5/h4-5H,1-3H2,(H2,9,10,11,12). The van der Waals surface area contributed by atoms with Gasteiger partial charge in [0.1, 0.15) is 5.82 Å². The molecule has 0 amide bonds. The van der Waals surface area contributed by atoms with Gasteiger partial charge in [0.05, 0.1) is 6.07 Å². The van der Waals surface area contributed by atoms with Crippen molar-refractivity contribution in [2.75, 3.05) is 0 Å². The van der Waals surface area contributed by atoms with Crippen molar-refractivity contribution in [3.63, 3.8) is 0 Å². The molecule has 1 heterocycles. The van der Waals surface area contributed by atoms with E-state index in [0.29, 0.717) is 11.7 Å². The molecule has 0 aromatic carbocycles. The molecule has 1 aliphatic rings. The molecule has 1 aromatic heterocycles. The Labute approximate surface area is 69.3 Å². The van der Waals surface area contributed by atoms with Crippen molar-refractivity contribution in [2.45, 2.75) is 25.2 Å². The van der Waals surface area contributed by atoms with Gasteiger partial charge in [0, 0.05) is 5.92 Å². The molecule has 4 heteroatoms. The van der Waals surface area contributed by atoms with Gasteiger partial charge in [0.2, 0.25) is 5.88 Å². The number of aromatic hydroxyl groups is 1. The van der Waals surface area contributed by atoms with Crippen LogP contribution in [0.15, 0.2) is 10.9 Å². The highest BCUT2D eigenvalue weighted by Crippen LogP contribution is 2.33. The van der Waals surface area contributed by atoms with Gasteiger partial charge in [-0.2, -0.15) is 0 Å². The third kappa shape index (κ3) is 1.20. The van der Waals surface area contributed by atoms with Crippen LogP contribution in [0.4, 0.5) is 0 Å². The lowest BCUT2D eigenvalue weighted by molar-refractivity contribution is 0.386. The van der Waals surface area contributed by atoms with Gasteiger partial charge >= 0.3 is 0 Å². The van der Waals surface area contributed by atoms with E-state index in [2.05, 4.69) is 9.97 Å². The first-order valence-corrected chi connectivity index (χ1v) is 4.06. The van der Waals surface area contributed by atoms with Crippen molar-refractivity contribution < 1.29 is 5.11 Å². The minimum absolute atomic E-state index is 0.180. The van der Waals surface area contributed by atoms with E-state index in [1.165, 1.54) is 6.42 Å². The number of rotatable bonds is 1. The highest BCUT2D eigenvalue weighted by atomic mass is 16.3. The number of aromatic nitrogens is 2. The first kappa shape index (κ1) is 7.34. The molecule has 1 aromatic rings. The van der Waals surface area contributed by atoms with Gasteiger partial charge in [0.15, 0.2) is 0 Å². The molecule has 2 N–H and O–H groups in total. The van der Waals surface area contributed by atoms with Crippen LogP contribution in [-0.4, -0.2) is 15.1 Å². The van der Waals surface area contributed by atoms with Crippen LogP contribution in [0.3, 0.4) is 0 Å². The van der Waals surface area contributed by atoms with Gasteiger partial charge in [-0.15, -0.1) is 0 Å². The van der Waals surface area contributed by atoms with Crippen LogP contribution < -0.4 is 5.56 Å². The van der Waals surface area contributed by atoms with Crippen molar-refractivity contribution in [1.82, 2.24) is 9.97 Å². The molecule has 0 bridgehead atoms. The molecule has 0 aliphatic heterocycles. The van der Waals surface area contributed by atoms with Crippen molar-refractivity contribution in [2.24, 2.45) is 0 Å². The number of nitrogens with one attached hydrogen (secondary N) is 1. The topological polar surface area (TPSA) is 66.0 Å². The summed E-state index contributed by atoms with van der Waals surface area (Å²) in [7, 11) is 0. The van der Waals surface area contributed by atoms with Gasteiger partial charge in [-0.25, -0.2) is 4.98 Å². The van der Waals surface area contributed by atoms with Crippen molar-refractivity contribution in [1.29, 1.82) is 0 Å². The molecule has 1 saturated carbocycles. The van der Waals surface area contributed by atoms with Crippen molar-refractivity contribution >= 4 is 0 Å². The SMILES string of the molecule is O=c1cc(O)nc(C2CCC2)[nH]1. The van der Waals surface area contributed by atoms with Gasteiger partial charge in [-0.3, -0.25) is 4.79 Å². The number of hydrogen-bond donors (Lipinski definition) is 2. The Morgan fingerprint density at radius 1 is 1.58 bits per heavy atom. The summed E-state index contributed by atoms with van der Waals surface area (Å²) in [4.78, 5) is 17.4. The molecular formula is C8H10N2O2. The van der Waals surface area contributed by atoms with Crippen LogP contribution in [0.2, 0.25) is 0 Å². The number of hydrogen-bond acceptors (Lipinski definition) is 3. The van der Waals surface area contributed by atoms with E-state index < -0.39 is 0 Å². The van der Waals surface area contributed by atoms with Crippen molar-refractivity contribution in [3.05, 3.63) is 22.2 Å². The van der Waals surface area contributed by atoms with Crippen LogP contribution in [0, 0.1) is 0 Å². The molecular weight excluding hydrogens is 156 g/mol. The Morgan fingerprint density at radius 3 is 2.83 bits per heavy atom. The number of aromatic amines is 1. The molecule has 1 aliphatic carbocycles. The summed E-state index contributed by atoms with van der Waals surface area (Å²) in [6, 6.07) is 1.09. The summed E-state index contributed by atoms with van der Waals surface area (Å²) >= 11 is 0. The normalized spacial score (nSPS) is 17.3. The second-order valence-corrected chi connectivity index (χ2v) is 3.12. The van der Waals surface area contributed by atoms with E-state index in [-0.39, 0.29) is 11.4 Å². The molecule has 0 atom stereocenters. The van der Waals surface area contributed by atoms with E-state index in [0.717, 1.165) is 18.9 Å². The molecule has 12 heavy (non-hydrogen) atoms. The maximum absolute atomic E-state index is 10.9. The molecule has 1 fully saturated rings. The second kappa shape index (κ2) is 2.62. The monoisotopic (exact) mass is 166 g/mol. The minimum Gasteiger partial charge on any atom is -0.493 e. The fraction of sp³-hybridized carbons (Fsp3) is 0.500. The molecule has 0 spiro atoms. The summed E-state index contributed by atoms with van der Waals surface area (Å²) in [5.41, 5.74) is -0.274. The fourth-order valence-electron chi connectivity index (χ4n) is 1.34. The van der Waals surface area contributed by atoms with Gasteiger partial charge in [-0.1, -0.05) is 6.42 Å². The zero-order valence-corrected chi connectivity index (χ0v) is 6.58. The first-order chi connectivity index (χ1) is 5.75. The van der Waals surface area contributed by atoms with Gasteiger partial charge in [0.25, 0.3) is 5.56 Å². The summed E-state index contributed by atoms with van der Waals surface area (Å²) in [5, 5.41) is 9.03. The fourth-order valence-corrected chi connectivity index (χ4v) is 1.34. The average Bonchev–Trinajstić information content (AvgIpc) is 1.79. The van der Waals surface area contributed by atoms with Crippen molar-refractivity contribution in [3.8, 4) is 5.88 Å². The smallest absolute Gasteiger partial charge is 0.254 e. The summed E-state index contributed by atoms with van der Waals surface area (Å²) < 4.78 is 0. The molecule has 0 radical (unpaired) electrons. The summed E-state index contributed by atoms with van der Waals surface area (Å²) in [5.74, 6) is 0.802. The highest BCUT2D eigenvalue weighted by Gasteiger charge is 2.21. The highest BCUT2D eigenvalue weighted by molar-refractivity contribution is 5.10. The lowest BCUT2D eigenvalue weighted by Gasteiger charge is -2.23. The maximum Gasteiger partial charge on any atom is 0.254 e. The van der Waals surface area contributed by atoms with Gasteiger partial charge in [-0.05, 0) is 12.8 Å². The number of nitrogens with zero attached hydrogens (tertiary/aromatic N) is 1. The second-order valence-electron chi connectivity index (χ2n) is 3.12. The van der Waals surface area contributed by atoms with Crippen LogP contribution in [0.5, 0.6) is 5.88 Å². The van der Waals surface area contributed by atoms with Crippen LogP contribution >= 0.6 is 0 Å². The predicted molar refractivity (Wildman–Crippen MR) is 43.1 cm³/mol. The molecule has 0 saturated heterocycles. The zero-order chi connectivity index (χ0) is 8.55. The minimum atomic E-state index is -0.274. The van der Waals surface area contributed by atoms with Gasteiger partial charge < -0.3 is 10.1 Å². The third-order valence-corrected chi connectivity index (χ3v) is 2.24. The largest absolute Gasteiger partial charge is 0.493 e. The lowest BCUT2D eigenvalue weighted by Crippen LogP contribution is -2.17. The van der Waals surface area contributed by atoms with E-state index in [9.17, 15) is 4.79 Å². The molecule has 0 unspecified atom stereocenters. The Kier molecular flexibility index (Phi) is 1.60. The Bertz CT molecular complexity index is 341. The summed E-state index contributed by atoms with van der Waals surface area (Å²) in [6.45, 7) is 0. The molecule has 4 nitrogen and oxygen atoms in total. The maximum atomic E-state index is 10.9. The Hall–Kier alpha value is -1.32. The van der Waals surface area contributed by atoms with Crippen LogP contribution in [0.1, 0.15) is 31.0 Å². The quantitative estimate of drug-likeness (QED) is 0.646. The number of H-pyrrole nitrogens is 1. The van der Waals surface area contributed by atoms with Crippen LogP contribution in [0.25, 0.3) is 0 Å². The van der Waals surface area contributed by atoms with E-state index >= 15 is 0 Å². The van der Waals surface area contributed by atoms with Crippen LogP contribution in [-0.2, 0) is 0 Å². The Balaban J connectivity index is 2.36. The molecule has 2 rings (SSSR count). The molecule has 64 valence electrons. The Morgan fingerprint density at radius 2 is 2.33 bits per heavy atom. The average molecular weight is 166 g/mol. The third-order valence-electron chi connectivity index (χ3n) is 2.24. The first-order valence-electron chi connectivity index (χ1n) is 4.06. The zero-order valence-electron chi connectivity index (χ0n) is 6.58. The van der Waals surface area contributed by atoms with E-state index in [4.69, 9.17) is 5.11 Å².